The minimum Gasteiger partial charge on any atom is -0.383 e. The molecule has 1 amide bonds. The van der Waals surface area contributed by atoms with Crippen molar-refractivity contribution in [3.63, 3.8) is 0 Å². The summed E-state index contributed by atoms with van der Waals surface area (Å²) in [7, 11) is 1.52. The van der Waals surface area contributed by atoms with E-state index in [-0.39, 0.29) is 21.7 Å². The van der Waals surface area contributed by atoms with E-state index >= 15 is 0 Å². The maximum Gasteiger partial charge on any atom is 0.286 e. The van der Waals surface area contributed by atoms with E-state index in [0.29, 0.717) is 23.4 Å². The predicted octanol–water partition coefficient (Wildman–Crippen LogP) is 2.91. The number of rotatable bonds is 6. The monoisotopic (exact) mass is 402 g/mol. The smallest absolute Gasteiger partial charge is 0.286 e. The van der Waals surface area contributed by atoms with Gasteiger partial charge < -0.3 is 9.30 Å². The van der Waals surface area contributed by atoms with Crippen LogP contribution in [0.1, 0.15) is 10.4 Å². The maximum absolute atomic E-state index is 12.6. The second-order valence-electron chi connectivity index (χ2n) is 5.63. The molecule has 10 nitrogen and oxygen atoms in total. The van der Waals surface area contributed by atoms with Gasteiger partial charge in [0.1, 0.15) is 5.56 Å². The third kappa shape index (κ3) is 3.80. The van der Waals surface area contributed by atoms with E-state index in [4.69, 9.17) is 4.74 Å². The first-order valence-electron chi connectivity index (χ1n) is 8.01. The molecule has 0 saturated heterocycles. The van der Waals surface area contributed by atoms with Crippen LogP contribution >= 0.6 is 11.3 Å². The molecule has 2 aromatic carbocycles. The fourth-order valence-corrected chi connectivity index (χ4v) is 3.71. The Morgan fingerprint density at radius 1 is 1.18 bits per heavy atom. The Balaban J connectivity index is 2.16. The van der Waals surface area contributed by atoms with Gasteiger partial charge in [-0.2, -0.15) is 4.99 Å². The molecule has 3 aromatic rings. The number of nitrogens with zero attached hydrogens (tertiary/aromatic N) is 4. The van der Waals surface area contributed by atoms with Crippen molar-refractivity contribution in [2.75, 3.05) is 13.7 Å². The minimum atomic E-state index is -0.764. The fraction of sp³-hybridized carbons (Fsp3) is 0.176. The normalized spacial score (nSPS) is 11.7. The second kappa shape index (κ2) is 8.06. The molecule has 1 aromatic heterocycles. The summed E-state index contributed by atoms with van der Waals surface area (Å²) in [5.41, 5.74) is 0.108. The molecule has 0 spiro atoms. The lowest BCUT2D eigenvalue weighted by Gasteiger charge is -2.04. The number of non-ortho nitro benzene ring substituents is 1. The molecule has 11 heteroatoms. The van der Waals surface area contributed by atoms with Gasteiger partial charge in [0.25, 0.3) is 17.3 Å². The van der Waals surface area contributed by atoms with E-state index in [9.17, 15) is 25.0 Å². The van der Waals surface area contributed by atoms with Gasteiger partial charge in [-0.1, -0.05) is 23.5 Å². The third-order valence-corrected chi connectivity index (χ3v) is 4.97. The summed E-state index contributed by atoms with van der Waals surface area (Å²) < 4.78 is 7.34. The van der Waals surface area contributed by atoms with Crippen molar-refractivity contribution in [1.29, 1.82) is 0 Å². The molecule has 1 heterocycles. The van der Waals surface area contributed by atoms with Crippen molar-refractivity contribution in [3.8, 4) is 0 Å². The Morgan fingerprint density at radius 2 is 1.93 bits per heavy atom. The molecule has 0 unspecified atom stereocenters. The Hall–Kier alpha value is -3.44. The zero-order valence-corrected chi connectivity index (χ0v) is 15.4. The van der Waals surface area contributed by atoms with E-state index < -0.39 is 15.8 Å². The molecule has 0 N–H and O–H groups in total. The maximum atomic E-state index is 12.6. The second-order valence-corrected chi connectivity index (χ2v) is 6.64. The average Bonchev–Trinajstić information content (AvgIpc) is 3.02. The Labute approximate surface area is 161 Å². The summed E-state index contributed by atoms with van der Waals surface area (Å²) in [6.45, 7) is 0.687. The van der Waals surface area contributed by atoms with Crippen LogP contribution in [0.5, 0.6) is 0 Å². The fourth-order valence-electron chi connectivity index (χ4n) is 2.62. The molecule has 0 atom stereocenters. The Kier molecular flexibility index (Phi) is 5.57. The van der Waals surface area contributed by atoms with Crippen LogP contribution in [-0.4, -0.2) is 34.0 Å². The SMILES string of the molecule is COCCn1c(=NC(=O)c2ccccc2[N+](=O)[O-])sc2cc([N+](=O)[O-])ccc21. The highest BCUT2D eigenvalue weighted by molar-refractivity contribution is 7.16. The molecule has 0 fully saturated rings. The molecular formula is C17H14N4O6S. The number of para-hydroxylation sites is 1. The number of ether oxygens (including phenoxy) is 1. The lowest BCUT2D eigenvalue weighted by atomic mass is 10.2. The van der Waals surface area contributed by atoms with Gasteiger partial charge in [0.2, 0.25) is 0 Å². The summed E-state index contributed by atoms with van der Waals surface area (Å²) in [6, 6.07) is 9.89. The van der Waals surface area contributed by atoms with E-state index in [1.807, 2.05) is 0 Å². The van der Waals surface area contributed by atoms with Gasteiger partial charge in [0.05, 0.1) is 26.7 Å². The lowest BCUT2D eigenvalue weighted by Crippen LogP contribution is -2.19. The third-order valence-electron chi connectivity index (χ3n) is 3.92. The number of carbonyl (C=O) groups is 1. The van der Waals surface area contributed by atoms with Gasteiger partial charge in [0.15, 0.2) is 4.80 Å². The first kappa shape index (κ1) is 19.3. The molecular weight excluding hydrogens is 388 g/mol. The molecule has 0 aliphatic rings. The van der Waals surface area contributed by atoms with Crippen molar-refractivity contribution in [1.82, 2.24) is 4.57 Å². The number of aromatic nitrogens is 1. The van der Waals surface area contributed by atoms with Crippen LogP contribution in [0.4, 0.5) is 11.4 Å². The standard InChI is InChI=1S/C17H14N4O6S/c1-27-9-8-19-14-7-6-11(20(23)24)10-15(14)28-17(19)18-16(22)12-4-2-3-5-13(12)21(25)26/h2-7,10H,8-9H2,1H3. The van der Waals surface area contributed by atoms with Gasteiger partial charge >= 0.3 is 0 Å². The van der Waals surface area contributed by atoms with Crippen LogP contribution in [0.25, 0.3) is 10.2 Å². The molecule has 28 heavy (non-hydrogen) atoms. The van der Waals surface area contributed by atoms with Crippen molar-refractivity contribution in [2.24, 2.45) is 4.99 Å². The van der Waals surface area contributed by atoms with Crippen LogP contribution < -0.4 is 4.80 Å². The number of nitro groups is 2. The summed E-state index contributed by atoms with van der Waals surface area (Å²) in [5, 5.41) is 22.2. The summed E-state index contributed by atoms with van der Waals surface area (Å²) in [6.07, 6.45) is 0. The van der Waals surface area contributed by atoms with Crippen LogP contribution in [0, 0.1) is 20.2 Å². The summed E-state index contributed by atoms with van der Waals surface area (Å²) >= 11 is 1.09. The molecule has 0 aliphatic carbocycles. The highest BCUT2D eigenvalue weighted by atomic mass is 32.1. The van der Waals surface area contributed by atoms with E-state index in [2.05, 4.69) is 4.99 Å². The van der Waals surface area contributed by atoms with Crippen LogP contribution in [-0.2, 0) is 11.3 Å². The summed E-state index contributed by atoms with van der Waals surface area (Å²) in [4.78, 5) is 37.9. The van der Waals surface area contributed by atoms with Crippen molar-refractivity contribution in [3.05, 3.63) is 73.1 Å². The van der Waals surface area contributed by atoms with Gasteiger partial charge in [-0.05, 0) is 12.1 Å². The first-order valence-corrected chi connectivity index (χ1v) is 8.83. The van der Waals surface area contributed by atoms with Gasteiger partial charge in [0, 0.05) is 31.9 Å². The number of nitro benzene ring substituents is 2. The first-order chi connectivity index (χ1) is 13.4. The summed E-state index contributed by atoms with van der Waals surface area (Å²) in [5.74, 6) is -0.764. The van der Waals surface area contributed by atoms with Gasteiger partial charge in [-0.15, -0.1) is 0 Å². The molecule has 0 radical (unpaired) electrons. The van der Waals surface area contributed by atoms with Crippen molar-refractivity contribution < 1.29 is 19.4 Å². The van der Waals surface area contributed by atoms with Crippen LogP contribution in [0.15, 0.2) is 47.5 Å². The quantitative estimate of drug-likeness (QED) is 0.460. The Morgan fingerprint density at radius 3 is 2.61 bits per heavy atom. The highest BCUT2D eigenvalue weighted by Gasteiger charge is 2.19. The predicted molar refractivity (Wildman–Crippen MR) is 101 cm³/mol. The van der Waals surface area contributed by atoms with Crippen LogP contribution in [0.2, 0.25) is 0 Å². The van der Waals surface area contributed by atoms with Gasteiger partial charge in [-0.3, -0.25) is 25.0 Å². The van der Waals surface area contributed by atoms with Crippen molar-refractivity contribution >= 4 is 38.8 Å². The lowest BCUT2D eigenvalue weighted by molar-refractivity contribution is -0.385. The number of methoxy groups -OCH3 is 1. The highest BCUT2D eigenvalue weighted by Crippen LogP contribution is 2.24. The van der Waals surface area contributed by atoms with E-state index in [1.54, 1.807) is 10.6 Å². The number of fused-ring (bicyclic) bond motifs is 1. The number of thiazole rings is 1. The molecule has 3 rings (SSSR count). The van der Waals surface area contributed by atoms with Crippen LogP contribution in [0.3, 0.4) is 0 Å². The Bertz CT molecular complexity index is 1150. The zero-order valence-electron chi connectivity index (χ0n) is 14.6. The molecule has 144 valence electrons. The molecule has 0 aliphatic heterocycles. The van der Waals surface area contributed by atoms with Gasteiger partial charge in [-0.25, -0.2) is 0 Å². The number of carbonyl (C=O) groups excluding carboxylic acids is 1. The number of hydrogen-bond donors (Lipinski definition) is 0. The largest absolute Gasteiger partial charge is 0.383 e. The zero-order chi connectivity index (χ0) is 20.3. The van der Waals surface area contributed by atoms with E-state index in [1.165, 1.54) is 43.5 Å². The number of benzene rings is 2. The molecule has 0 bridgehead atoms. The topological polar surface area (TPSA) is 130 Å². The number of hydrogen-bond acceptors (Lipinski definition) is 7. The minimum absolute atomic E-state index is 0.0794. The number of amides is 1. The molecule has 0 saturated carbocycles. The van der Waals surface area contributed by atoms with Crippen molar-refractivity contribution in [2.45, 2.75) is 6.54 Å². The van der Waals surface area contributed by atoms with E-state index in [0.717, 1.165) is 11.3 Å². The average molecular weight is 402 g/mol.